The molecule has 2 aliphatic heterocycles. The molecule has 2 N–H and O–H groups in total. The molecule has 0 amide bonds. The third kappa shape index (κ3) is 6.08. The quantitative estimate of drug-likeness (QED) is 0.302. The number of unbranched alkanes of at least 4 members (excludes halogenated alkanes) is 2. The molecule has 10 nitrogen and oxygen atoms in total. The van der Waals surface area contributed by atoms with Crippen LogP contribution in [-0.4, -0.2) is 56.3 Å². The van der Waals surface area contributed by atoms with E-state index < -0.39 is 15.8 Å². The topological polar surface area (TPSA) is 123 Å². The second kappa shape index (κ2) is 11.5. The van der Waals surface area contributed by atoms with Gasteiger partial charge >= 0.3 is 5.97 Å². The maximum Gasteiger partial charge on any atom is 0.310 e. The summed E-state index contributed by atoms with van der Waals surface area (Å²) < 4.78 is 53.8. The molecule has 1 aromatic heterocycles. The van der Waals surface area contributed by atoms with Crippen molar-refractivity contribution in [2.75, 3.05) is 24.5 Å². The molecule has 2 aliphatic rings. The monoisotopic (exact) mass is 549 g/mol. The summed E-state index contributed by atoms with van der Waals surface area (Å²) in [6.07, 6.45) is 6.47. The van der Waals surface area contributed by atoms with E-state index in [2.05, 4.69) is 26.9 Å². The van der Waals surface area contributed by atoms with Crippen LogP contribution in [0.5, 0.6) is 11.5 Å². The molecule has 2 saturated heterocycles. The van der Waals surface area contributed by atoms with Crippen molar-refractivity contribution < 1.29 is 27.1 Å². The zero-order valence-electron chi connectivity index (χ0n) is 22.2. The van der Waals surface area contributed by atoms with Crippen LogP contribution in [0.4, 0.5) is 10.2 Å². The first-order valence-corrected chi connectivity index (χ1v) is 14.5. The number of carbonyl (C=O) groups excluding carboxylic acids is 1. The first-order valence-electron chi connectivity index (χ1n) is 13.0. The summed E-state index contributed by atoms with van der Waals surface area (Å²) in [4.78, 5) is 22.6. The van der Waals surface area contributed by atoms with Crippen LogP contribution in [0.3, 0.4) is 0 Å². The molecule has 2 fully saturated rings. The largest absolute Gasteiger partial charge is 0.450 e. The van der Waals surface area contributed by atoms with Gasteiger partial charge in [0.2, 0.25) is 10.0 Å². The maximum atomic E-state index is 14.0. The lowest BCUT2D eigenvalue weighted by Crippen LogP contribution is -2.77. The number of nitrogens with zero attached hydrogens (tertiary/aromatic N) is 3. The Morgan fingerprint density at radius 3 is 2.68 bits per heavy atom. The van der Waals surface area contributed by atoms with Gasteiger partial charge in [0.25, 0.3) is 0 Å². The zero-order chi connectivity index (χ0) is 27.5. The second-order valence-electron chi connectivity index (χ2n) is 10.5. The Hall–Kier alpha value is -2.83. The van der Waals surface area contributed by atoms with E-state index in [1.807, 2.05) is 11.8 Å². The summed E-state index contributed by atoms with van der Waals surface area (Å²) >= 11 is 0. The fraction of sp³-hybridized carbons (Fsp3) is 0.577. The lowest BCUT2D eigenvalue weighted by molar-refractivity contribution is -0.180. The molecule has 4 rings (SSSR count). The van der Waals surface area contributed by atoms with Crippen LogP contribution in [0, 0.1) is 17.2 Å². The smallest absolute Gasteiger partial charge is 0.310 e. The third-order valence-corrected chi connectivity index (χ3v) is 8.53. The van der Waals surface area contributed by atoms with E-state index in [0.29, 0.717) is 25.5 Å². The van der Waals surface area contributed by atoms with E-state index in [1.54, 1.807) is 13.8 Å². The number of sulfonamides is 1. The minimum Gasteiger partial charge on any atom is -0.450 e. The highest BCUT2D eigenvalue weighted by molar-refractivity contribution is 7.89. The van der Waals surface area contributed by atoms with E-state index in [-0.39, 0.29) is 46.0 Å². The Kier molecular flexibility index (Phi) is 8.53. The van der Waals surface area contributed by atoms with Gasteiger partial charge in [-0.1, -0.05) is 33.1 Å². The number of rotatable bonds is 12. The molecular weight excluding hydrogens is 513 g/mol. The van der Waals surface area contributed by atoms with Crippen molar-refractivity contribution in [3.63, 3.8) is 0 Å². The van der Waals surface area contributed by atoms with Gasteiger partial charge in [0, 0.05) is 25.7 Å². The van der Waals surface area contributed by atoms with E-state index in [9.17, 15) is 17.6 Å². The second-order valence-corrected chi connectivity index (χ2v) is 12.2. The minimum absolute atomic E-state index is 0.0417. The highest BCUT2D eigenvalue weighted by Crippen LogP contribution is 2.45. The lowest BCUT2D eigenvalue weighted by atomic mass is 9.72. The van der Waals surface area contributed by atoms with E-state index >= 15 is 0 Å². The van der Waals surface area contributed by atoms with Gasteiger partial charge in [0.15, 0.2) is 17.8 Å². The Labute approximate surface area is 223 Å². The molecule has 1 spiro atoms. The average molecular weight is 550 g/mol. The zero-order valence-corrected chi connectivity index (χ0v) is 23.1. The van der Waals surface area contributed by atoms with Crippen LogP contribution in [0.2, 0.25) is 0 Å². The van der Waals surface area contributed by atoms with Crippen molar-refractivity contribution in [3.8, 4) is 11.5 Å². The Bertz CT molecular complexity index is 1250. The first-order chi connectivity index (χ1) is 18.0. The van der Waals surface area contributed by atoms with Crippen LogP contribution in [0.25, 0.3) is 0 Å². The Balaban J connectivity index is 1.45. The van der Waals surface area contributed by atoms with Crippen LogP contribution >= 0.6 is 0 Å². The number of hydrogen-bond donors (Lipinski definition) is 2. The van der Waals surface area contributed by atoms with Gasteiger partial charge < -0.3 is 14.4 Å². The summed E-state index contributed by atoms with van der Waals surface area (Å²) in [5.41, 5.74) is -0.230. The van der Waals surface area contributed by atoms with E-state index in [4.69, 9.17) is 9.47 Å². The van der Waals surface area contributed by atoms with Crippen LogP contribution in [0.15, 0.2) is 35.6 Å². The number of ether oxygens (including phenoxy) is 2. The fourth-order valence-electron chi connectivity index (χ4n) is 4.72. The molecule has 38 heavy (non-hydrogen) atoms. The number of esters is 1. The maximum absolute atomic E-state index is 14.0. The summed E-state index contributed by atoms with van der Waals surface area (Å²) in [6, 6.07) is 2.94. The molecule has 2 unspecified atom stereocenters. The van der Waals surface area contributed by atoms with E-state index in [0.717, 1.165) is 37.8 Å². The highest BCUT2D eigenvalue weighted by atomic mass is 32.2. The number of nitrogens with one attached hydrogen (secondary N) is 2. The van der Waals surface area contributed by atoms with Crippen molar-refractivity contribution in [1.29, 1.82) is 0 Å². The van der Waals surface area contributed by atoms with Gasteiger partial charge in [-0.05, 0) is 38.5 Å². The van der Waals surface area contributed by atoms with Crippen molar-refractivity contribution >= 4 is 21.8 Å². The Morgan fingerprint density at radius 1 is 1.26 bits per heavy atom. The minimum atomic E-state index is -4.03. The van der Waals surface area contributed by atoms with Gasteiger partial charge in [0.1, 0.15) is 22.8 Å². The van der Waals surface area contributed by atoms with Crippen LogP contribution in [-0.2, 0) is 19.6 Å². The van der Waals surface area contributed by atoms with Gasteiger partial charge in [-0.2, -0.15) is 0 Å². The third-order valence-electron chi connectivity index (χ3n) is 6.85. The van der Waals surface area contributed by atoms with Crippen molar-refractivity contribution in [2.24, 2.45) is 11.3 Å². The van der Waals surface area contributed by atoms with Gasteiger partial charge in [-0.15, -0.1) is 0 Å². The van der Waals surface area contributed by atoms with Crippen LogP contribution < -0.4 is 19.7 Å². The molecule has 3 heterocycles. The summed E-state index contributed by atoms with van der Waals surface area (Å²) in [7, 11) is -4.03. The lowest BCUT2D eigenvalue weighted by Gasteiger charge is -2.60. The summed E-state index contributed by atoms with van der Waals surface area (Å²) in [5.74, 6) is -0.374. The molecule has 12 heteroatoms. The standard InChI is InChI=1S/C26H36FN5O5S/c1-5-6-7-8-18(4)24(33)37-25-26(13-29-25)14-32(15-26)23-21(12-28-16-30-23)36-20-10-9-19(27)11-22(20)38(34,35)31-17(2)3/h9-12,16-18,25,29,31H,5-8,13-15H2,1-4H3. The number of anilines is 1. The number of benzene rings is 1. The predicted octanol–water partition coefficient (Wildman–Crippen LogP) is 3.59. The molecular formula is C26H36FN5O5S. The number of halogens is 1. The molecule has 0 radical (unpaired) electrons. The average Bonchev–Trinajstić information content (AvgIpc) is 2.82. The fourth-order valence-corrected chi connectivity index (χ4v) is 6.11. The summed E-state index contributed by atoms with van der Waals surface area (Å²) in [6.45, 7) is 9.22. The molecule has 1 aromatic carbocycles. The molecule has 2 aromatic rings. The van der Waals surface area contributed by atoms with E-state index in [1.165, 1.54) is 18.6 Å². The first kappa shape index (κ1) is 28.2. The molecule has 0 saturated carbocycles. The molecule has 208 valence electrons. The van der Waals surface area contributed by atoms with Crippen LogP contribution in [0.1, 0.15) is 53.4 Å². The van der Waals surface area contributed by atoms with Gasteiger partial charge in [0.05, 0.1) is 17.5 Å². The number of carbonyl (C=O) groups is 1. The van der Waals surface area contributed by atoms with Gasteiger partial charge in [-0.25, -0.2) is 27.5 Å². The predicted molar refractivity (Wildman–Crippen MR) is 140 cm³/mol. The normalized spacial score (nSPS) is 19.1. The molecule has 0 aliphatic carbocycles. The molecule has 2 atom stereocenters. The summed E-state index contributed by atoms with van der Waals surface area (Å²) in [5, 5.41) is 3.22. The number of hydrogen-bond acceptors (Lipinski definition) is 9. The molecule has 0 bridgehead atoms. The highest BCUT2D eigenvalue weighted by Gasteiger charge is 2.58. The van der Waals surface area contributed by atoms with Crippen molar-refractivity contribution in [3.05, 3.63) is 36.5 Å². The van der Waals surface area contributed by atoms with Gasteiger partial charge in [-0.3, -0.25) is 10.1 Å². The Morgan fingerprint density at radius 2 is 2.03 bits per heavy atom. The van der Waals surface area contributed by atoms with Crippen molar-refractivity contribution in [2.45, 2.75) is 70.5 Å². The number of aromatic nitrogens is 2. The van der Waals surface area contributed by atoms with Crippen molar-refractivity contribution in [1.82, 2.24) is 20.0 Å². The SMILES string of the molecule is CCCCCC(C)C(=O)OC1NCC12CN(c1ncncc1Oc1ccc(F)cc1S(=O)(=O)NC(C)C)C2.